The van der Waals surface area contributed by atoms with Crippen LogP contribution in [0.4, 0.5) is 4.79 Å². The number of carbonyl (C=O) groups is 3. The van der Waals surface area contributed by atoms with Gasteiger partial charge in [-0.1, -0.05) is 0 Å². The van der Waals surface area contributed by atoms with E-state index < -0.39 is 0 Å². The fraction of sp³-hybridized carbons (Fsp3) is 0.586. The Balaban J connectivity index is 1.25. The molecule has 0 aliphatic carbocycles. The van der Waals surface area contributed by atoms with E-state index in [4.69, 9.17) is 0 Å². The first-order valence-electron chi connectivity index (χ1n) is 14.1. The molecule has 0 spiro atoms. The predicted molar refractivity (Wildman–Crippen MR) is 154 cm³/mol. The van der Waals surface area contributed by atoms with E-state index in [1.165, 1.54) is 5.56 Å². The van der Waals surface area contributed by atoms with Crippen LogP contribution in [0.3, 0.4) is 0 Å². The predicted octanol–water partition coefficient (Wildman–Crippen LogP) is 3.81. The Morgan fingerprint density at radius 3 is 2.49 bits per heavy atom. The van der Waals surface area contributed by atoms with Gasteiger partial charge in [-0.05, 0) is 86.9 Å². The lowest BCUT2D eigenvalue weighted by Gasteiger charge is -2.40. The van der Waals surface area contributed by atoms with Crippen LogP contribution in [-0.2, 0) is 6.54 Å². The van der Waals surface area contributed by atoms with Crippen LogP contribution in [0, 0.1) is 13.8 Å². The van der Waals surface area contributed by atoms with E-state index >= 15 is 0 Å². The minimum Gasteiger partial charge on any atom is -0.352 e. The molecule has 4 amide bonds. The number of thiophene rings is 1. The number of hydrogen-bond acceptors (Lipinski definition) is 6. The van der Waals surface area contributed by atoms with Crippen molar-refractivity contribution in [1.82, 2.24) is 30.3 Å². The van der Waals surface area contributed by atoms with Crippen molar-refractivity contribution in [2.45, 2.75) is 71.5 Å². The summed E-state index contributed by atoms with van der Waals surface area (Å²) in [6.07, 6.45) is 4.76. The van der Waals surface area contributed by atoms with Gasteiger partial charge in [0.15, 0.2) is 0 Å². The molecular weight excluding hydrogens is 512 g/mol. The van der Waals surface area contributed by atoms with E-state index in [2.05, 4.69) is 38.9 Å². The molecule has 39 heavy (non-hydrogen) atoms. The molecule has 2 aromatic heterocycles. The third-order valence-corrected chi connectivity index (χ3v) is 8.79. The zero-order valence-electron chi connectivity index (χ0n) is 23.7. The van der Waals surface area contributed by atoms with Gasteiger partial charge in [-0.15, -0.1) is 0 Å². The average Bonchev–Trinajstić information content (AvgIpc) is 3.65. The molecule has 0 bridgehead atoms. The quantitative estimate of drug-likeness (QED) is 0.491. The largest absolute Gasteiger partial charge is 0.352 e. The van der Waals surface area contributed by atoms with Crippen molar-refractivity contribution in [1.29, 1.82) is 0 Å². The average molecular weight is 555 g/mol. The lowest BCUT2D eigenvalue weighted by Crippen LogP contribution is -2.51. The van der Waals surface area contributed by atoms with Crippen molar-refractivity contribution in [3.05, 3.63) is 51.0 Å². The van der Waals surface area contributed by atoms with Gasteiger partial charge in [-0.25, -0.2) is 9.78 Å². The second-order valence-corrected chi connectivity index (χ2v) is 11.5. The van der Waals surface area contributed by atoms with Crippen molar-refractivity contribution in [2.24, 2.45) is 0 Å². The maximum Gasteiger partial charge on any atom is 0.317 e. The number of urea groups is 1. The zero-order valence-corrected chi connectivity index (χ0v) is 24.5. The zero-order chi connectivity index (χ0) is 27.9. The number of pyridine rings is 1. The molecule has 4 rings (SSSR count). The molecule has 2 aliphatic heterocycles. The number of nitrogens with one attached hydrogen (secondary N) is 2. The Morgan fingerprint density at radius 2 is 1.87 bits per heavy atom. The summed E-state index contributed by atoms with van der Waals surface area (Å²) in [4.78, 5) is 49.1. The molecule has 9 nitrogen and oxygen atoms in total. The van der Waals surface area contributed by atoms with Crippen LogP contribution in [0.25, 0.3) is 0 Å². The number of rotatable bonds is 9. The summed E-state index contributed by atoms with van der Waals surface area (Å²) in [7, 11) is 1.69. The first kappa shape index (κ1) is 29.0. The third-order valence-electron chi connectivity index (χ3n) is 8.06. The van der Waals surface area contributed by atoms with Crippen molar-refractivity contribution < 1.29 is 14.4 Å². The summed E-state index contributed by atoms with van der Waals surface area (Å²) in [6.45, 7) is 10.5. The van der Waals surface area contributed by atoms with E-state index in [9.17, 15) is 14.4 Å². The summed E-state index contributed by atoms with van der Waals surface area (Å²) in [5.74, 6) is -0.189. The number of piperidine rings is 1. The maximum atomic E-state index is 13.0. The summed E-state index contributed by atoms with van der Waals surface area (Å²) in [6, 6.07) is 4.33. The molecule has 0 aromatic carbocycles. The van der Waals surface area contributed by atoms with Gasteiger partial charge in [0.25, 0.3) is 11.8 Å². The van der Waals surface area contributed by atoms with Gasteiger partial charge in [0.05, 0.1) is 11.3 Å². The van der Waals surface area contributed by atoms with Crippen molar-refractivity contribution in [3.63, 3.8) is 0 Å². The van der Waals surface area contributed by atoms with E-state index in [1.54, 1.807) is 31.4 Å². The Morgan fingerprint density at radius 1 is 1.15 bits per heavy atom. The molecule has 2 N–H and O–H groups in total. The van der Waals surface area contributed by atoms with Gasteiger partial charge >= 0.3 is 6.03 Å². The van der Waals surface area contributed by atoms with Crippen molar-refractivity contribution in [3.8, 4) is 0 Å². The molecule has 2 aliphatic rings. The second-order valence-electron chi connectivity index (χ2n) is 10.8. The molecule has 10 heteroatoms. The van der Waals surface area contributed by atoms with Gasteiger partial charge in [0.2, 0.25) is 0 Å². The standard InChI is InChI=1S/C29H42N6O3S/c1-20-17-25(28(37)34-12-5-6-13-34)32-22(3)26(20)27(36)31-11-7-21(2)33-14-8-24(9-15-33)35(29(38)30-4)18-23-10-16-39-19-23/h10,16-17,19,21,24H,5-9,11-15,18H2,1-4H3,(H,30,38)(H,31,36). The molecule has 1 unspecified atom stereocenters. The highest BCUT2D eigenvalue weighted by Gasteiger charge is 2.29. The summed E-state index contributed by atoms with van der Waals surface area (Å²) < 4.78 is 0. The Labute approximate surface area is 235 Å². The SMILES string of the molecule is CNC(=O)N(Cc1ccsc1)C1CCN(C(C)CCNC(=O)c2c(C)cc(C(=O)N3CCCC3)nc2C)CC1. The highest BCUT2D eigenvalue weighted by atomic mass is 32.1. The van der Waals surface area contributed by atoms with Crippen LogP contribution in [-0.4, -0.2) is 89.4 Å². The van der Waals surface area contributed by atoms with Crippen LogP contribution in [0.2, 0.25) is 0 Å². The van der Waals surface area contributed by atoms with Crippen molar-refractivity contribution >= 4 is 29.2 Å². The molecule has 0 radical (unpaired) electrons. The smallest absolute Gasteiger partial charge is 0.317 e. The Kier molecular flexibility index (Phi) is 9.96. The number of hydrogen-bond donors (Lipinski definition) is 2. The summed E-state index contributed by atoms with van der Waals surface area (Å²) >= 11 is 1.65. The van der Waals surface area contributed by atoms with Crippen molar-refractivity contribution in [2.75, 3.05) is 39.8 Å². The van der Waals surface area contributed by atoms with Crippen LogP contribution in [0.1, 0.15) is 76.7 Å². The monoisotopic (exact) mass is 554 g/mol. The highest BCUT2D eigenvalue weighted by Crippen LogP contribution is 2.22. The lowest BCUT2D eigenvalue weighted by molar-refractivity contribution is 0.0785. The highest BCUT2D eigenvalue weighted by molar-refractivity contribution is 7.07. The van der Waals surface area contributed by atoms with Gasteiger partial charge in [0, 0.05) is 58.4 Å². The van der Waals surface area contributed by atoms with Gasteiger partial charge in [-0.2, -0.15) is 11.3 Å². The second kappa shape index (κ2) is 13.4. The minimum absolute atomic E-state index is 0.0241. The van der Waals surface area contributed by atoms with Gasteiger partial charge in [0.1, 0.15) is 5.69 Å². The molecule has 2 aromatic rings. The number of aromatic nitrogens is 1. The van der Waals surface area contributed by atoms with E-state index in [1.807, 2.05) is 22.1 Å². The fourth-order valence-corrected chi connectivity index (χ4v) is 6.42. The summed E-state index contributed by atoms with van der Waals surface area (Å²) in [5.41, 5.74) is 3.52. The van der Waals surface area contributed by atoms with E-state index in [0.29, 0.717) is 36.1 Å². The molecule has 212 valence electrons. The van der Waals surface area contributed by atoms with Crippen LogP contribution in [0.5, 0.6) is 0 Å². The maximum absolute atomic E-state index is 13.0. The molecule has 1 atom stereocenters. The molecule has 4 heterocycles. The first-order chi connectivity index (χ1) is 18.8. The Bertz CT molecular complexity index is 1120. The van der Waals surface area contributed by atoms with Gasteiger partial charge < -0.3 is 25.3 Å². The van der Waals surface area contributed by atoms with E-state index in [0.717, 1.165) is 63.8 Å². The molecule has 2 saturated heterocycles. The molecular formula is C29H42N6O3S. The number of amides is 4. The van der Waals surface area contributed by atoms with E-state index in [-0.39, 0.29) is 23.9 Å². The fourth-order valence-electron chi connectivity index (χ4n) is 5.76. The lowest BCUT2D eigenvalue weighted by atomic mass is 10.0. The topological polar surface area (TPSA) is 97.9 Å². The van der Waals surface area contributed by atoms with Crippen LogP contribution >= 0.6 is 11.3 Å². The first-order valence-corrected chi connectivity index (χ1v) is 15.0. The Hall–Kier alpha value is -2.98. The number of carbonyl (C=O) groups excluding carboxylic acids is 3. The minimum atomic E-state index is -0.141. The normalized spacial score (nSPS) is 17.2. The number of likely N-dealkylation sites (tertiary alicyclic amines) is 2. The molecule has 0 saturated carbocycles. The number of nitrogens with zero attached hydrogens (tertiary/aromatic N) is 4. The molecule has 2 fully saturated rings. The third kappa shape index (κ3) is 7.16. The van der Waals surface area contributed by atoms with Crippen LogP contribution in [0.15, 0.2) is 22.9 Å². The summed E-state index contributed by atoms with van der Waals surface area (Å²) in [5, 5.41) is 10.0. The van der Waals surface area contributed by atoms with Gasteiger partial charge in [-0.3, -0.25) is 9.59 Å². The van der Waals surface area contributed by atoms with Crippen LogP contribution < -0.4 is 10.6 Å². The number of aryl methyl sites for hydroxylation is 2.